The third-order valence-electron chi connectivity index (χ3n) is 6.91. The second kappa shape index (κ2) is 9.19. The van der Waals surface area contributed by atoms with E-state index in [-0.39, 0.29) is 5.91 Å². The second-order valence-corrected chi connectivity index (χ2v) is 9.15. The summed E-state index contributed by atoms with van der Waals surface area (Å²) >= 11 is 0. The zero-order valence-electron chi connectivity index (χ0n) is 21.5. The van der Waals surface area contributed by atoms with Gasteiger partial charge in [0.15, 0.2) is 0 Å². The van der Waals surface area contributed by atoms with E-state index in [0.29, 0.717) is 17.1 Å². The fraction of sp³-hybridized carbons (Fsp3) is 0.267. The molecule has 3 aromatic rings. The lowest BCUT2D eigenvalue weighted by Crippen LogP contribution is -2.44. The summed E-state index contributed by atoms with van der Waals surface area (Å²) in [6, 6.07) is 16.2. The van der Waals surface area contributed by atoms with Crippen LogP contribution in [0.1, 0.15) is 58.9 Å². The smallest absolute Gasteiger partial charge is 0.275 e. The molecule has 2 aliphatic heterocycles. The van der Waals surface area contributed by atoms with Gasteiger partial charge < -0.3 is 15.4 Å². The van der Waals surface area contributed by atoms with Crippen LogP contribution in [-0.2, 0) is 5.54 Å². The molecule has 3 aromatic carbocycles. The molecule has 0 saturated carbocycles. The van der Waals surface area contributed by atoms with Gasteiger partial charge in [0.1, 0.15) is 17.0 Å². The van der Waals surface area contributed by atoms with Crippen molar-refractivity contribution in [1.29, 1.82) is 0 Å². The van der Waals surface area contributed by atoms with E-state index in [1.807, 2.05) is 55.5 Å². The van der Waals surface area contributed by atoms with E-state index in [4.69, 9.17) is 9.84 Å². The standard InChI is InChI=1S/C30H32N4O2/c1-6-9-14-33-34-29(35)21-12-10-11-13-22(21)30(34)23-15-19(4)25(31-7-2)17-27(23)36-28-18-26(32-8-3)20(5)16-24(28)30/h6,9-18,31-32H,7-8H2,1-5H3/b9-6+,33-14+. The molecule has 0 aromatic heterocycles. The number of amides is 1. The molecule has 2 N–H and O–H groups in total. The predicted molar refractivity (Wildman–Crippen MR) is 147 cm³/mol. The molecule has 1 amide bonds. The molecule has 6 nitrogen and oxygen atoms in total. The number of nitrogens with one attached hydrogen (secondary N) is 2. The van der Waals surface area contributed by atoms with E-state index in [1.54, 1.807) is 11.2 Å². The van der Waals surface area contributed by atoms with Gasteiger partial charge in [-0.1, -0.05) is 24.3 Å². The molecule has 0 fully saturated rings. The number of hydrazone groups is 1. The summed E-state index contributed by atoms with van der Waals surface area (Å²) in [6.07, 6.45) is 5.42. The first kappa shape index (κ1) is 23.7. The van der Waals surface area contributed by atoms with Gasteiger partial charge in [0.05, 0.1) is 0 Å². The van der Waals surface area contributed by atoms with Crippen LogP contribution in [0, 0.1) is 13.8 Å². The lowest BCUT2D eigenvalue weighted by Gasteiger charge is -2.42. The van der Waals surface area contributed by atoms with Gasteiger partial charge in [-0.05, 0) is 70.0 Å². The lowest BCUT2D eigenvalue weighted by molar-refractivity contribution is 0.0675. The Bertz CT molecular complexity index is 1340. The van der Waals surface area contributed by atoms with Crippen LogP contribution in [0.15, 0.2) is 65.8 Å². The van der Waals surface area contributed by atoms with Crippen molar-refractivity contribution >= 4 is 23.5 Å². The quantitative estimate of drug-likeness (QED) is 0.391. The molecule has 1 spiro atoms. The van der Waals surface area contributed by atoms with Gasteiger partial charge in [-0.3, -0.25) is 4.79 Å². The van der Waals surface area contributed by atoms with Crippen LogP contribution in [-0.4, -0.2) is 30.2 Å². The average Bonchev–Trinajstić information content (AvgIpc) is 3.11. The van der Waals surface area contributed by atoms with Crippen LogP contribution in [0.3, 0.4) is 0 Å². The SMILES string of the molecule is C/C=C/C=N/N1C(=O)c2ccccc2C12c1cc(C)c(NCC)cc1Oc1cc(NCC)c(C)cc12. The molecule has 2 aliphatic rings. The minimum atomic E-state index is -0.959. The van der Waals surface area contributed by atoms with Crippen LogP contribution in [0.4, 0.5) is 11.4 Å². The fourth-order valence-corrected chi connectivity index (χ4v) is 5.35. The summed E-state index contributed by atoms with van der Waals surface area (Å²) in [7, 11) is 0. The minimum Gasteiger partial charge on any atom is -0.456 e. The Morgan fingerprint density at radius 3 is 2.06 bits per heavy atom. The number of anilines is 2. The number of hydrogen-bond acceptors (Lipinski definition) is 5. The molecular formula is C30H32N4O2. The first-order valence-electron chi connectivity index (χ1n) is 12.5. The van der Waals surface area contributed by atoms with Gasteiger partial charge >= 0.3 is 0 Å². The van der Waals surface area contributed by atoms with Gasteiger partial charge in [0, 0.05) is 65.1 Å². The molecule has 2 heterocycles. The molecule has 6 heteroatoms. The molecule has 0 radical (unpaired) electrons. The Balaban J connectivity index is 1.90. The predicted octanol–water partition coefficient (Wildman–Crippen LogP) is 6.58. The maximum absolute atomic E-state index is 13.9. The molecule has 0 saturated heterocycles. The summed E-state index contributed by atoms with van der Waals surface area (Å²) in [5.41, 5.74) is 6.58. The van der Waals surface area contributed by atoms with Crippen LogP contribution >= 0.6 is 0 Å². The Morgan fingerprint density at radius 1 is 0.917 bits per heavy atom. The van der Waals surface area contributed by atoms with Gasteiger partial charge in [0.2, 0.25) is 0 Å². The van der Waals surface area contributed by atoms with Crippen molar-refractivity contribution in [3.63, 3.8) is 0 Å². The molecule has 0 atom stereocenters. The number of allylic oxidation sites excluding steroid dienone is 2. The maximum atomic E-state index is 13.9. The van der Waals surface area contributed by atoms with Gasteiger partial charge in [0.25, 0.3) is 5.91 Å². The highest BCUT2D eigenvalue weighted by molar-refractivity contribution is 6.02. The number of hydrogen-bond donors (Lipinski definition) is 2. The summed E-state index contributed by atoms with van der Waals surface area (Å²) in [5.74, 6) is 1.30. The van der Waals surface area contributed by atoms with E-state index in [1.165, 1.54) is 0 Å². The van der Waals surface area contributed by atoms with Crippen molar-refractivity contribution in [2.75, 3.05) is 23.7 Å². The monoisotopic (exact) mass is 480 g/mol. The zero-order valence-corrected chi connectivity index (χ0v) is 21.5. The van der Waals surface area contributed by atoms with Crippen molar-refractivity contribution in [2.45, 2.75) is 40.2 Å². The first-order valence-corrected chi connectivity index (χ1v) is 12.5. The zero-order chi connectivity index (χ0) is 25.4. The largest absolute Gasteiger partial charge is 0.456 e. The molecule has 36 heavy (non-hydrogen) atoms. The Morgan fingerprint density at radius 2 is 1.50 bits per heavy atom. The molecule has 0 aliphatic carbocycles. The molecule has 5 rings (SSSR count). The Labute approximate surface area is 212 Å². The maximum Gasteiger partial charge on any atom is 0.275 e. The van der Waals surface area contributed by atoms with Crippen molar-refractivity contribution in [3.05, 3.63) is 94.1 Å². The van der Waals surface area contributed by atoms with Crippen molar-refractivity contribution < 1.29 is 9.53 Å². The number of benzene rings is 3. The number of aryl methyl sites for hydroxylation is 2. The van der Waals surface area contributed by atoms with Crippen LogP contribution < -0.4 is 15.4 Å². The highest BCUT2D eigenvalue weighted by Crippen LogP contribution is 2.58. The van der Waals surface area contributed by atoms with Gasteiger partial charge in [-0.2, -0.15) is 5.10 Å². The second-order valence-electron chi connectivity index (χ2n) is 9.15. The van der Waals surface area contributed by atoms with Crippen LogP contribution in [0.2, 0.25) is 0 Å². The lowest BCUT2D eigenvalue weighted by atomic mass is 9.74. The van der Waals surface area contributed by atoms with Gasteiger partial charge in [-0.25, -0.2) is 5.01 Å². The summed E-state index contributed by atoms with van der Waals surface area (Å²) in [6.45, 7) is 11.8. The van der Waals surface area contributed by atoms with E-state index in [2.05, 4.69) is 50.5 Å². The van der Waals surface area contributed by atoms with E-state index >= 15 is 0 Å². The number of nitrogens with zero attached hydrogens (tertiary/aromatic N) is 2. The highest BCUT2D eigenvalue weighted by atomic mass is 16.5. The van der Waals surface area contributed by atoms with Gasteiger partial charge in [-0.15, -0.1) is 0 Å². The van der Waals surface area contributed by atoms with Crippen LogP contribution in [0.5, 0.6) is 11.5 Å². The Kier molecular flexibility index (Phi) is 6.04. The first-order chi connectivity index (χ1) is 17.5. The van der Waals surface area contributed by atoms with E-state index in [9.17, 15) is 4.79 Å². The normalized spacial score (nSPS) is 15.2. The molecule has 184 valence electrons. The number of carbonyl (C=O) groups excluding carboxylic acids is 1. The third kappa shape index (κ3) is 3.40. The van der Waals surface area contributed by atoms with Crippen molar-refractivity contribution in [2.24, 2.45) is 5.10 Å². The topological polar surface area (TPSA) is 66.0 Å². The molecule has 0 unspecified atom stereocenters. The summed E-state index contributed by atoms with van der Waals surface area (Å²) in [5, 5.41) is 13.3. The third-order valence-corrected chi connectivity index (χ3v) is 6.91. The van der Waals surface area contributed by atoms with Crippen molar-refractivity contribution in [3.8, 4) is 11.5 Å². The number of rotatable bonds is 6. The number of carbonyl (C=O) groups is 1. The van der Waals surface area contributed by atoms with E-state index < -0.39 is 5.54 Å². The highest BCUT2D eigenvalue weighted by Gasteiger charge is 2.57. The Hall–Kier alpha value is -4.06. The average molecular weight is 481 g/mol. The molecule has 0 bridgehead atoms. The number of ether oxygens (including phenoxy) is 1. The van der Waals surface area contributed by atoms with Crippen molar-refractivity contribution in [1.82, 2.24) is 5.01 Å². The van der Waals surface area contributed by atoms with Crippen LogP contribution in [0.25, 0.3) is 0 Å². The minimum absolute atomic E-state index is 0.132. The van der Waals surface area contributed by atoms with E-state index in [0.717, 1.165) is 52.3 Å². The summed E-state index contributed by atoms with van der Waals surface area (Å²) in [4.78, 5) is 13.9. The molecular weight excluding hydrogens is 448 g/mol. The summed E-state index contributed by atoms with van der Waals surface area (Å²) < 4.78 is 6.59. The number of fused-ring (bicyclic) bond motifs is 6. The fourth-order valence-electron chi connectivity index (χ4n) is 5.35.